The molecular weight excluding hydrogens is 314 g/mol. The molecule has 21 heavy (non-hydrogen) atoms. The molecular formula is C12H17N3O4S2. The largest absolute Gasteiger partial charge is 0.393 e. The fourth-order valence-electron chi connectivity index (χ4n) is 2.24. The third-order valence-electron chi connectivity index (χ3n) is 3.63. The molecule has 0 radical (unpaired) electrons. The summed E-state index contributed by atoms with van der Waals surface area (Å²) in [5.74, 6) is 0.729. The van der Waals surface area contributed by atoms with Crippen LogP contribution in [-0.4, -0.2) is 41.2 Å². The molecule has 2 rings (SSSR count). The van der Waals surface area contributed by atoms with E-state index in [1.165, 1.54) is 10.4 Å². The Labute approximate surface area is 127 Å². The number of thioether (sulfide) groups is 1. The molecule has 0 aromatic heterocycles. The topological polar surface area (TPSA) is 107 Å². The molecule has 1 aromatic carbocycles. The van der Waals surface area contributed by atoms with Crippen LogP contribution in [-0.2, 0) is 10.0 Å². The minimum absolute atomic E-state index is 0.00319. The van der Waals surface area contributed by atoms with Crippen LogP contribution in [0.4, 0.5) is 11.4 Å². The van der Waals surface area contributed by atoms with Crippen LogP contribution in [0.2, 0.25) is 0 Å². The first-order valence-electron chi connectivity index (χ1n) is 6.42. The number of nitrogen functional groups attached to an aromatic ring is 1. The summed E-state index contributed by atoms with van der Waals surface area (Å²) in [4.78, 5) is 10.1. The predicted octanol–water partition coefficient (Wildman–Crippen LogP) is 1.69. The third kappa shape index (κ3) is 2.99. The maximum atomic E-state index is 12.7. The van der Waals surface area contributed by atoms with Crippen molar-refractivity contribution in [2.75, 3.05) is 18.0 Å². The molecule has 116 valence electrons. The highest BCUT2D eigenvalue weighted by molar-refractivity contribution is 8.00. The zero-order valence-electron chi connectivity index (χ0n) is 11.7. The number of anilines is 1. The van der Waals surface area contributed by atoms with Gasteiger partial charge in [-0.2, -0.15) is 16.1 Å². The van der Waals surface area contributed by atoms with Crippen LogP contribution >= 0.6 is 11.8 Å². The first-order chi connectivity index (χ1) is 9.75. The van der Waals surface area contributed by atoms with Gasteiger partial charge in [0.15, 0.2) is 0 Å². The van der Waals surface area contributed by atoms with Gasteiger partial charge in [0.1, 0.15) is 5.69 Å². The number of sulfonamides is 1. The number of hydrogen-bond donors (Lipinski definition) is 1. The molecule has 0 aliphatic carbocycles. The number of nitrogens with zero attached hydrogens (tertiary/aromatic N) is 2. The second kappa shape index (κ2) is 5.82. The van der Waals surface area contributed by atoms with Crippen LogP contribution in [0, 0.1) is 10.1 Å². The number of hydrogen-bond acceptors (Lipinski definition) is 6. The van der Waals surface area contributed by atoms with Gasteiger partial charge in [-0.05, 0) is 19.1 Å². The van der Waals surface area contributed by atoms with Crippen molar-refractivity contribution in [3.63, 3.8) is 0 Å². The van der Waals surface area contributed by atoms with E-state index in [1.54, 1.807) is 11.8 Å². The lowest BCUT2D eigenvalue weighted by molar-refractivity contribution is -0.383. The maximum Gasteiger partial charge on any atom is 0.292 e. The Hall–Kier alpha value is -1.32. The smallest absolute Gasteiger partial charge is 0.292 e. The fourth-order valence-corrected chi connectivity index (χ4v) is 5.27. The summed E-state index contributed by atoms with van der Waals surface area (Å²) in [5, 5.41) is 10.9. The van der Waals surface area contributed by atoms with Gasteiger partial charge in [-0.15, -0.1) is 0 Å². The molecule has 2 atom stereocenters. The van der Waals surface area contributed by atoms with Crippen LogP contribution in [0.5, 0.6) is 0 Å². The molecule has 1 saturated heterocycles. The van der Waals surface area contributed by atoms with E-state index in [4.69, 9.17) is 5.73 Å². The first-order valence-corrected chi connectivity index (χ1v) is 8.91. The molecule has 1 heterocycles. The Bertz CT molecular complexity index is 662. The molecule has 0 amide bonds. The van der Waals surface area contributed by atoms with E-state index in [-0.39, 0.29) is 27.6 Å². The zero-order chi connectivity index (χ0) is 15.8. The number of nitrogens with two attached hydrogens (primary N) is 1. The lowest BCUT2D eigenvalue weighted by Gasteiger charge is -2.36. The van der Waals surface area contributed by atoms with Gasteiger partial charge in [0.05, 0.1) is 9.82 Å². The van der Waals surface area contributed by atoms with Crippen molar-refractivity contribution in [1.29, 1.82) is 0 Å². The van der Waals surface area contributed by atoms with Crippen molar-refractivity contribution in [3.05, 3.63) is 28.3 Å². The monoisotopic (exact) mass is 331 g/mol. The highest BCUT2D eigenvalue weighted by Crippen LogP contribution is 2.31. The second-order valence-electron chi connectivity index (χ2n) is 4.91. The summed E-state index contributed by atoms with van der Waals surface area (Å²) in [5.41, 5.74) is 5.15. The summed E-state index contributed by atoms with van der Waals surface area (Å²) in [6.45, 7) is 4.28. The molecule has 1 aliphatic rings. The summed E-state index contributed by atoms with van der Waals surface area (Å²) < 4.78 is 26.8. The summed E-state index contributed by atoms with van der Waals surface area (Å²) in [6.07, 6.45) is 0. The Morgan fingerprint density at radius 2 is 2.10 bits per heavy atom. The van der Waals surface area contributed by atoms with Gasteiger partial charge in [-0.3, -0.25) is 10.1 Å². The molecule has 1 fully saturated rings. The SMILES string of the molecule is CC1SCCN(S(=O)(=O)c2ccc([N+](=O)[O-])c(N)c2)C1C. The molecule has 1 aliphatic heterocycles. The fraction of sp³-hybridized carbons (Fsp3) is 0.500. The van der Waals surface area contributed by atoms with Gasteiger partial charge < -0.3 is 5.73 Å². The number of nitro groups is 1. The Morgan fingerprint density at radius 3 is 2.67 bits per heavy atom. The summed E-state index contributed by atoms with van der Waals surface area (Å²) >= 11 is 1.73. The molecule has 1 aromatic rings. The standard InChI is InChI=1S/C12H17N3O4S2/c1-8-9(2)20-6-5-14(8)21(18,19)10-3-4-12(15(16)17)11(13)7-10/h3-4,7-9H,5-6,13H2,1-2H3. The van der Waals surface area contributed by atoms with Gasteiger partial charge in [0, 0.05) is 29.7 Å². The van der Waals surface area contributed by atoms with Crippen LogP contribution < -0.4 is 5.73 Å². The van der Waals surface area contributed by atoms with Crippen molar-refractivity contribution < 1.29 is 13.3 Å². The molecule has 2 N–H and O–H groups in total. The Kier molecular flexibility index (Phi) is 4.45. The Morgan fingerprint density at radius 1 is 1.43 bits per heavy atom. The Balaban J connectivity index is 2.40. The van der Waals surface area contributed by atoms with E-state index in [2.05, 4.69) is 0 Å². The van der Waals surface area contributed by atoms with E-state index in [1.807, 2.05) is 13.8 Å². The summed E-state index contributed by atoms with van der Waals surface area (Å²) in [7, 11) is -3.69. The quantitative estimate of drug-likeness (QED) is 0.513. The maximum absolute atomic E-state index is 12.7. The van der Waals surface area contributed by atoms with Crippen molar-refractivity contribution >= 4 is 33.2 Å². The zero-order valence-corrected chi connectivity index (χ0v) is 13.4. The lowest BCUT2D eigenvalue weighted by atomic mass is 10.2. The van der Waals surface area contributed by atoms with Gasteiger partial charge >= 0.3 is 0 Å². The number of rotatable bonds is 3. The van der Waals surface area contributed by atoms with Gasteiger partial charge in [-0.25, -0.2) is 8.42 Å². The number of nitro benzene ring substituents is 1. The van der Waals surface area contributed by atoms with Crippen molar-refractivity contribution in [2.24, 2.45) is 0 Å². The van der Waals surface area contributed by atoms with Crippen LogP contribution in [0.1, 0.15) is 13.8 Å². The van der Waals surface area contributed by atoms with Crippen molar-refractivity contribution in [1.82, 2.24) is 4.31 Å². The summed E-state index contributed by atoms with van der Waals surface area (Å²) in [6, 6.07) is 3.40. The van der Waals surface area contributed by atoms with Crippen LogP contribution in [0.3, 0.4) is 0 Å². The van der Waals surface area contributed by atoms with Crippen molar-refractivity contribution in [3.8, 4) is 0 Å². The molecule has 7 nitrogen and oxygen atoms in total. The number of benzene rings is 1. The van der Waals surface area contributed by atoms with E-state index in [0.29, 0.717) is 6.54 Å². The molecule has 0 spiro atoms. The van der Waals surface area contributed by atoms with Crippen LogP contribution in [0.15, 0.2) is 23.1 Å². The van der Waals surface area contributed by atoms with Gasteiger partial charge in [0.2, 0.25) is 10.0 Å². The van der Waals surface area contributed by atoms with E-state index < -0.39 is 14.9 Å². The minimum atomic E-state index is -3.69. The van der Waals surface area contributed by atoms with E-state index in [0.717, 1.165) is 17.9 Å². The average molecular weight is 331 g/mol. The second-order valence-corrected chi connectivity index (χ2v) is 8.29. The predicted molar refractivity (Wildman–Crippen MR) is 82.8 cm³/mol. The van der Waals surface area contributed by atoms with Crippen LogP contribution in [0.25, 0.3) is 0 Å². The third-order valence-corrected chi connectivity index (χ3v) is 6.95. The van der Waals surface area contributed by atoms with Crippen molar-refractivity contribution in [2.45, 2.75) is 30.0 Å². The minimum Gasteiger partial charge on any atom is -0.393 e. The molecule has 9 heteroatoms. The molecule has 0 bridgehead atoms. The highest BCUT2D eigenvalue weighted by Gasteiger charge is 2.35. The van der Waals surface area contributed by atoms with Gasteiger partial charge in [0.25, 0.3) is 5.69 Å². The highest BCUT2D eigenvalue weighted by atomic mass is 32.2. The van der Waals surface area contributed by atoms with E-state index in [9.17, 15) is 18.5 Å². The molecule has 0 saturated carbocycles. The average Bonchev–Trinajstić information content (AvgIpc) is 2.41. The van der Waals surface area contributed by atoms with E-state index >= 15 is 0 Å². The van der Waals surface area contributed by atoms with Gasteiger partial charge in [-0.1, -0.05) is 6.92 Å². The first kappa shape index (κ1) is 16.1. The molecule has 2 unspecified atom stereocenters. The normalized spacial score (nSPS) is 23.9. The lowest BCUT2D eigenvalue weighted by Crippen LogP contribution is -2.47.